The molecule has 3 N–H and O–H groups in total. The fraction of sp³-hybridized carbons (Fsp3) is 0.471. The van der Waals surface area contributed by atoms with Crippen molar-refractivity contribution in [2.75, 3.05) is 0 Å². The number of hydrogen-bond acceptors (Lipinski definition) is 2. The van der Waals surface area contributed by atoms with Crippen LogP contribution in [-0.4, -0.2) is 16.0 Å². The molecule has 0 fully saturated rings. The molecule has 1 unspecified atom stereocenters. The topological polar surface area (TPSA) is 60.1 Å². The van der Waals surface area contributed by atoms with Crippen molar-refractivity contribution in [3.8, 4) is 0 Å². The number of amides is 1. The van der Waals surface area contributed by atoms with Crippen LogP contribution in [0.2, 0.25) is 0 Å². The van der Waals surface area contributed by atoms with Gasteiger partial charge in [-0.25, -0.2) is 0 Å². The number of hydrogen-bond donors (Lipinski definition) is 2. The van der Waals surface area contributed by atoms with Gasteiger partial charge in [0.25, 0.3) is 0 Å². The lowest BCUT2D eigenvalue weighted by atomic mass is 10.1. The summed E-state index contributed by atoms with van der Waals surface area (Å²) in [5.74, 6) is -0.431. The quantitative estimate of drug-likeness (QED) is 0.888. The maximum Gasteiger partial charge on any atom is 0.222 e. The van der Waals surface area contributed by atoms with E-state index in [1.54, 1.807) is 0 Å². The highest BCUT2D eigenvalue weighted by Gasteiger charge is 2.13. The smallest absolute Gasteiger partial charge is 0.222 e. The summed E-state index contributed by atoms with van der Waals surface area (Å²) in [5, 5.41) is 4.74. The molecule has 4 heteroatoms. The van der Waals surface area contributed by atoms with E-state index in [-0.39, 0.29) is 17.4 Å². The minimum Gasteiger partial charge on any atom is -0.369 e. The second kappa shape index (κ2) is 5.90. The monoisotopic (exact) mass is 287 g/mol. The second-order valence-electron chi connectivity index (χ2n) is 6.73. The zero-order chi connectivity index (χ0) is 15.6. The van der Waals surface area contributed by atoms with Crippen LogP contribution in [0.4, 0.5) is 0 Å². The predicted molar refractivity (Wildman–Crippen MR) is 86.9 cm³/mol. The van der Waals surface area contributed by atoms with Crippen LogP contribution in [0.1, 0.15) is 33.3 Å². The Hall–Kier alpha value is -1.81. The summed E-state index contributed by atoms with van der Waals surface area (Å²) in [4.78, 5) is 11.2. The highest BCUT2D eigenvalue weighted by Crippen LogP contribution is 2.22. The number of nitrogens with two attached hydrogens (primary N) is 1. The molecule has 2 rings (SSSR count). The number of nitrogens with zero attached hydrogens (tertiary/aromatic N) is 1. The largest absolute Gasteiger partial charge is 0.369 e. The van der Waals surface area contributed by atoms with E-state index in [1.165, 1.54) is 10.9 Å². The van der Waals surface area contributed by atoms with Crippen LogP contribution in [0.3, 0.4) is 0 Å². The number of nitrogens with one attached hydrogen (secondary N) is 1. The van der Waals surface area contributed by atoms with Crippen molar-refractivity contribution in [1.82, 2.24) is 9.88 Å². The molecule has 1 amide bonds. The molecule has 0 aliphatic rings. The van der Waals surface area contributed by atoms with Crippen LogP contribution in [0, 0.1) is 5.92 Å². The Labute approximate surface area is 126 Å². The molecule has 0 saturated heterocycles. The molecule has 2 aromatic rings. The first kappa shape index (κ1) is 15.6. The number of carbonyl (C=O) groups is 1. The SMILES string of the molecule is CC(Cn1ccc2c(CNC(C)(C)C)cccc21)C(N)=O. The molecule has 0 spiro atoms. The average Bonchev–Trinajstić information content (AvgIpc) is 2.79. The molecule has 1 atom stereocenters. The standard InChI is InChI=1S/C17H25N3O/c1-12(16(18)21)11-20-9-8-14-13(6-5-7-15(14)20)10-19-17(2,3)4/h5-9,12,19H,10-11H2,1-4H3,(H2,18,21). The molecule has 1 aromatic heterocycles. The van der Waals surface area contributed by atoms with E-state index in [2.05, 4.69) is 54.9 Å². The number of fused-ring (bicyclic) bond motifs is 1. The van der Waals surface area contributed by atoms with Gasteiger partial charge in [0.05, 0.1) is 5.92 Å². The first-order valence-electron chi connectivity index (χ1n) is 7.39. The lowest BCUT2D eigenvalue weighted by molar-refractivity contribution is -0.121. The van der Waals surface area contributed by atoms with E-state index in [1.807, 2.05) is 13.1 Å². The Bertz CT molecular complexity index is 637. The van der Waals surface area contributed by atoms with Gasteiger partial charge >= 0.3 is 0 Å². The molecule has 0 bridgehead atoms. The zero-order valence-electron chi connectivity index (χ0n) is 13.3. The third-order valence-electron chi connectivity index (χ3n) is 3.67. The van der Waals surface area contributed by atoms with Crippen molar-refractivity contribution in [2.24, 2.45) is 11.7 Å². The Morgan fingerprint density at radius 3 is 2.67 bits per heavy atom. The lowest BCUT2D eigenvalue weighted by Gasteiger charge is -2.21. The van der Waals surface area contributed by atoms with E-state index >= 15 is 0 Å². The Morgan fingerprint density at radius 1 is 1.33 bits per heavy atom. The van der Waals surface area contributed by atoms with Crippen LogP contribution in [0.15, 0.2) is 30.5 Å². The average molecular weight is 287 g/mol. The molecular formula is C17H25N3O. The number of aromatic nitrogens is 1. The number of carbonyl (C=O) groups excluding carboxylic acids is 1. The van der Waals surface area contributed by atoms with Crippen molar-refractivity contribution < 1.29 is 4.79 Å². The van der Waals surface area contributed by atoms with Crippen molar-refractivity contribution >= 4 is 16.8 Å². The number of benzene rings is 1. The molecule has 0 aliphatic carbocycles. The normalized spacial score (nSPS) is 13.5. The van der Waals surface area contributed by atoms with Crippen LogP contribution < -0.4 is 11.1 Å². The van der Waals surface area contributed by atoms with Gasteiger partial charge in [0.2, 0.25) is 5.91 Å². The van der Waals surface area contributed by atoms with Gasteiger partial charge < -0.3 is 15.6 Å². The number of rotatable bonds is 5. The third kappa shape index (κ3) is 3.85. The van der Waals surface area contributed by atoms with Gasteiger partial charge in [-0.3, -0.25) is 4.79 Å². The van der Waals surface area contributed by atoms with Gasteiger partial charge in [-0.2, -0.15) is 0 Å². The molecule has 1 aromatic carbocycles. The maximum absolute atomic E-state index is 11.2. The predicted octanol–water partition coefficient (Wildman–Crippen LogP) is 2.65. The van der Waals surface area contributed by atoms with Crippen molar-refractivity contribution in [2.45, 2.75) is 46.3 Å². The first-order chi connectivity index (χ1) is 9.78. The maximum atomic E-state index is 11.2. The number of primary amides is 1. The minimum absolute atomic E-state index is 0.0885. The van der Waals surface area contributed by atoms with Crippen LogP contribution >= 0.6 is 0 Å². The molecule has 4 nitrogen and oxygen atoms in total. The third-order valence-corrected chi connectivity index (χ3v) is 3.67. The summed E-state index contributed by atoms with van der Waals surface area (Å²) in [7, 11) is 0. The van der Waals surface area contributed by atoms with Gasteiger partial charge in [0.15, 0.2) is 0 Å². The Kier molecular flexibility index (Phi) is 4.37. The molecule has 1 heterocycles. The molecular weight excluding hydrogens is 262 g/mol. The zero-order valence-corrected chi connectivity index (χ0v) is 13.3. The van der Waals surface area contributed by atoms with Gasteiger partial charge in [-0.05, 0) is 38.5 Å². The summed E-state index contributed by atoms with van der Waals surface area (Å²) in [6.07, 6.45) is 2.03. The molecule has 114 valence electrons. The molecule has 0 aliphatic heterocycles. The first-order valence-corrected chi connectivity index (χ1v) is 7.39. The van der Waals surface area contributed by atoms with Crippen molar-refractivity contribution in [3.63, 3.8) is 0 Å². The summed E-state index contributed by atoms with van der Waals surface area (Å²) >= 11 is 0. The second-order valence-corrected chi connectivity index (χ2v) is 6.73. The van der Waals surface area contributed by atoms with Gasteiger partial charge in [0.1, 0.15) is 0 Å². The van der Waals surface area contributed by atoms with Crippen LogP contribution in [-0.2, 0) is 17.9 Å². The minimum atomic E-state index is -0.262. The molecule has 0 radical (unpaired) electrons. The van der Waals surface area contributed by atoms with E-state index in [0.29, 0.717) is 6.54 Å². The summed E-state index contributed by atoms with van der Waals surface area (Å²) in [6.45, 7) is 9.79. The molecule has 21 heavy (non-hydrogen) atoms. The fourth-order valence-electron chi connectivity index (χ4n) is 2.35. The Balaban J connectivity index is 2.27. The van der Waals surface area contributed by atoms with Crippen LogP contribution in [0.5, 0.6) is 0 Å². The van der Waals surface area contributed by atoms with Crippen LogP contribution in [0.25, 0.3) is 10.9 Å². The summed E-state index contributed by atoms with van der Waals surface area (Å²) in [6, 6.07) is 8.41. The fourth-order valence-corrected chi connectivity index (χ4v) is 2.35. The van der Waals surface area contributed by atoms with Crippen molar-refractivity contribution in [1.29, 1.82) is 0 Å². The summed E-state index contributed by atoms with van der Waals surface area (Å²) < 4.78 is 2.10. The highest BCUT2D eigenvalue weighted by atomic mass is 16.1. The van der Waals surface area contributed by atoms with E-state index in [9.17, 15) is 4.79 Å². The highest BCUT2D eigenvalue weighted by molar-refractivity contribution is 5.84. The van der Waals surface area contributed by atoms with Gasteiger partial charge in [-0.1, -0.05) is 19.1 Å². The van der Waals surface area contributed by atoms with Crippen molar-refractivity contribution in [3.05, 3.63) is 36.0 Å². The van der Waals surface area contributed by atoms with E-state index in [4.69, 9.17) is 5.73 Å². The summed E-state index contributed by atoms with van der Waals surface area (Å²) in [5.41, 5.74) is 7.87. The van der Waals surface area contributed by atoms with Gasteiger partial charge in [0, 0.05) is 35.7 Å². The van der Waals surface area contributed by atoms with Gasteiger partial charge in [-0.15, -0.1) is 0 Å². The lowest BCUT2D eigenvalue weighted by Crippen LogP contribution is -2.35. The van der Waals surface area contributed by atoms with E-state index in [0.717, 1.165) is 12.1 Å². The Morgan fingerprint density at radius 2 is 2.05 bits per heavy atom. The molecule has 0 saturated carbocycles. The van der Waals surface area contributed by atoms with E-state index < -0.39 is 0 Å².